The molecular weight excluding hydrogens is 402 g/mol. The Labute approximate surface area is 169 Å². The number of hydrogen-bond donors (Lipinski definition) is 6. The molecule has 6 atom stereocenters. The third-order valence-corrected chi connectivity index (χ3v) is 5.28. The van der Waals surface area contributed by atoms with Crippen molar-refractivity contribution in [2.75, 3.05) is 6.61 Å². The Kier molecular flexibility index (Phi) is 5.87. The number of carbonyl (C=O) groups is 1. The average Bonchev–Trinajstić information content (AvgIpc) is 2.70. The largest absolute Gasteiger partial charge is 0.476 e. The molecule has 3 rings (SSSR count). The van der Waals surface area contributed by atoms with Crippen LogP contribution in [0.2, 0.25) is 0 Å². The summed E-state index contributed by atoms with van der Waals surface area (Å²) in [6.07, 6.45) is -5.66. The molecule has 1 aromatic heterocycles. The van der Waals surface area contributed by atoms with Crippen LogP contribution in [0.3, 0.4) is 0 Å². The first-order valence-electron chi connectivity index (χ1n) is 9.09. The molecule has 0 saturated carbocycles. The minimum Gasteiger partial charge on any atom is -0.476 e. The number of ether oxygens (including phenoxy) is 2. The summed E-state index contributed by atoms with van der Waals surface area (Å²) < 4.78 is 16.2. The zero-order chi connectivity index (χ0) is 22.3. The lowest BCUT2D eigenvalue weighted by Crippen LogP contribution is -2.73. The quantitative estimate of drug-likeness (QED) is 0.296. The van der Waals surface area contributed by atoms with Crippen LogP contribution in [-0.4, -0.2) is 73.9 Å². The van der Waals surface area contributed by atoms with Crippen LogP contribution >= 0.6 is 0 Å². The summed E-state index contributed by atoms with van der Waals surface area (Å²) in [5.74, 6) is -4.18. The van der Waals surface area contributed by atoms with Gasteiger partial charge in [-0.05, 0) is 25.1 Å². The number of carboxylic acid groups (broad SMARTS) is 1. The second kappa shape index (κ2) is 7.95. The highest BCUT2D eigenvalue weighted by molar-refractivity contribution is 5.79. The fourth-order valence-electron chi connectivity index (χ4n) is 3.52. The predicted molar refractivity (Wildman–Crippen MR) is 101 cm³/mol. The maximum Gasteiger partial charge on any atom is 0.377 e. The minimum absolute atomic E-state index is 0.0542. The van der Waals surface area contributed by atoms with E-state index >= 15 is 0 Å². The van der Waals surface area contributed by atoms with E-state index in [1.54, 1.807) is 0 Å². The van der Waals surface area contributed by atoms with Gasteiger partial charge in [-0.1, -0.05) is 0 Å². The number of aliphatic carboxylic acids is 1. The van der Waals surface area contributed by atoms with Crippen LogP contribution in [0.5, 0.6) is 5.75 Å². The molecular formula is C19H23NO10. The molecule has 11 heteroatoms. The van der Waals surface area contributed by atoms with Crippen LogP contribution in [-0.2, 0) is 9.53 Å². The Morgan fingerprint density at radius 2 is 2.00 bits per heavy atom. The summed E-state index contributed by atoms with van der Waals surface area (Å²) in [6, 6.07) is 5.65. The van der Waals surface area contributed by atoms with E-state index in [1.807, 2.05) is 0 Å². The highest BCUT2D eigenvalue weighted by atomic mass is 16.7. The van der Waals surface area contributed by atoms with Crippen LogP contribution < -0.4 is 16.1 Å². The first-order chi connectivity index (χ1) is 14.0. The molecule has 2 heterocycles. The molecule has 11 nitrogen and oxygen atoms in total. The number of hydrogen-bond acceptors (Lipinski definition) is 10. The van der Waals surface area contributed by atoms with Crippen LogP contribution in [0.15, 0.2) is 39.5 Å². The van der Waals surface area contributed by atoms with Gasteiger partial charge in [0.15, 0.2) is 0 Å². The molecule has 1 saturated heterocycles. The van der Waals surface area contributed by atoms with Gasteiger partial charge in [-0.3, -0.25) is 0 Å². The van der Waals surface area contributed by atoms with Crippen molar-refractivity contribution in [1.82, 2.24) is 0 Å². The lowest BCUT2D eigenvalue weighted by atomic mass is 9.79. The number of nitrogens with two attached hydrogens (primary N) is 1. The Balaban J connectivity index is 2.02. The van der Waals surface area contributed by atoms with Crippen LogP contribution in [0.25, 0.3) is 11.0 Å². The highest BCUT2D eigenvalue weighted by Crippen LogP contribution is 2.40. The minimum atomic E-state index is -2.50. The summed E-state index contributed by atoms with van der Waals surface area (Å²) in [7, 11) is 0. The Hall–Kier alpha value is -2.54. The van der Waals surface area contributed by atoms with Gasteiger partial charge in [0.05, 0.1) is 25.2 Å². The van der Waals surface area contributed by atoms with Crippen molar-refractivity contribution in [3.63, 3.8) is 0 Å². The molecule has 0 bridgehead atoms. The van der Waals surface area contributed by atoms with Gasteiger partial charge in [0.25, 0.3) is 0 Å². The number of aliphatic hydroxyl groups excluding tert-OH is 4. The van der Waals surface area contributed by atoms with E-state index < -0.39 is 60.4 Å². The summed E-state index contributed by atoms with van der Waals surface area (Å²) in [5.41, 5.74) is 3.45. The Morgan fingerprint density at radius 3 is 2.63 bits per heavy atom. The van der Waals surface area contributed by atoms with Crippen molar-refractivity contribution in [2.45, 2.75) is 49.1 Å². The molecule has 0 radical (unpaired) electrons. The van der Waals surface area contributed by atoms with Gasteiger partial charge in [-0.25, -0.2) is 9.59 Å². The molecule has 0 unspecified atom stereocenters. The number of fused-ring (bicyclic) bond motifs is 1. The van der Waals surface area contributed by atoms with Gasteiger partial charge >= 0.3 is 17.4 Å². The van der Waals surface area contributed by atoms with Crippen molar-refractivity contribution < 1.29 is 44.2 Å². The van der Waals surface area contributed by atoms with E-state index in [9.17, 15) is 30.0 Å². The topological polar surface area (TPSA) is 193 Å². The van der Waals surface area contributed by atoms with E-state index in [-0.39, 0.29) is 11.3 Å². The molecule has 164 valence electrons. The number of benzene rings is 1. The molecule has 2 aromatic rings. The molecule has 7 N–H and O–H groups in total. The maximum atomic E-state index is 12.1. The van der Waals surface area contributed by atoms with Crippen molar-refractivity contribution in [3.05, 3.63) is 40.8 Å². The lowest BCUT2D eigenvalue weighted by Gasteiger charge is -2.51. The molecule has 0 amide bonds. The second-order valence-corrected chi connectivity index (χ2v) is 7.39. The van der Waals surface area contributed by atoms with E-state index in [1.165, 1.54) is 37.3 Å². The van der Waals surface area contributed by atoms with Crippen molar-refractivity contribution in [1.29, 1.82) is 0 Å². The fraction of sp³-hybridized carbons (Fsp3) is 0.474. The Morgan fingerprint density at radius 1 is 1.33 bits per heavy atom. The zero-order valence-corrected chi connectivity index (χ0v) is 16.0. The number of rotatable bonds is 6. The van der Waals surface area contributed by atoms with Gasteiger partial charge in [0.1, 0.15) is 29.1 Å². The van der Waals surface area contributed by atoms with Crippen molar-refractivity contribution in [3.8, 4) is 5.75 Å². The first kappa shape index (κ1) is 22.2. The van der Waals surface area contributed by atoms with E-state index in [0.29, 0.717) is 5.39 Å². The molecule has 1 aliphatic rings. The first-order valence-corrected chi connectivity index (χ1v) is 9.09. The molecule has 0 spiro atoms. The van der Waals surface area contributed by atoms with Crippen LogP contribution in [0.1, 0.15) is 13.3 Å². The van der Waals surface area contributed by atoms with Gasteiger partial charge < -0.3 is 45.2 Å². The fourth-order valence-corrected chi connectivity index (χ4v) is 3.52. The van der Waals surface area contributed by atoms with E-state index in [2.05, 4.69) is 0 Å². The number of aliphatic hydroxyl groups is 4. The average molecular weight is 425 g/mol. The predicted octanol–water partition coefficient (Wildman–Crippen LogP) is -1.47. The van der Waals surface area contributed by atoms with E-state index in [0.717, 1.165) is 0 Å². The van der Waals surface area contributed by atoms with Crippen molar-refractivity contribution in [2.24, 2.45) is 5.73 Å². The van der Waals surface area contributed by atoms with Gasteiger partial charge in [0, 0.05) is 17.5 Å². The van der Waals surface area contributed by atoms with Crippen LogP contribution in [0.4, 0.5) is 0 Å². The monoisotopic (exact) mass is 425 g/mol. The summed E-state index contributed by atoms with van der Waals surface area (Å²) in [5, 5.41) is 50.2. The third-order valence-electron chi connectivity index (χ3n) is 5.28. The summed E-state index contributed by atoms with van der Waals surface area (Å²) >= 11 is 0. The van der Waals surface area contributed by atoms with Gasteiger partial charge in [0.2, 0.25) is 0 Å². The molecule has 0 aliphatic carbocycles. The lowest BCUT2D eigenvalue weighted by molar-refractivity contribution is -0.317. The number of carboxylic acids is 1. The molecule has 1 aromatic carbocycles. The maximum absolute atomic E-state index is 12.1. The summed E-state index contributed by atoms with van der Waals surface area (Å²) in [6.45, 7) is 0.345. The molecule has 1 fully saturated rings. The van der Waals surface area contributed by atoms with Gasteiger partial charge in [-0.15, -0.1) is 0 Å². The van der Waals surface area contributed by atoms with E-state index in [4.69, 9.17) is 24.7 Å². The molecule has 1 aliphatic heterocycles. The smallest absolute Gasteiger partial charge is 0.377 e. The third kappa shape index (κ3) is 3.78. The highest BCUT2D eigenvalue weighted by Gasteiger charge is 2.61. The standard InChI is InChI=1S/C19H23NO10/c1-18(16(25)12(23)8-21)15(20)11(22)7-19(30-18,17(26)27)29-10-4-2-9-3-5-14(24)28-13(9)6-10/h2-6,11-12,15-16,21-23,25H,7-8,20H2,1H3,(H,26,27)/t11-,12+,15+,16+,18+,19-/m0/s1. The SMILES string of the molecule is C[C@@]1([C@H](O)[C@H](O)CO)O[C@](Oc2ccc3ccc(=O)oc3c2)(C(=O)O)C[C@H](O)[C@H]1N. The Bertz CT molecular complexity index is 993. The van der Waals surface area contributed by atoms with Crippen molar-refractivity contribution >= 4 is 16.9 Å². The summed E-state index contributed by atoms with van der Waals surface area (Å²) in [4.78, 5) is 23.6. The zero-order valence-electron chi connectivity index (χ0n) is 16.0. The van der Waals surface area contributed by atoms with Gasteiger partial charge in [-0.2, -0.15) is 0 Å². The normalized spacial score (nSPS) is 31.3. The second-order valence-electron chi connectivity index (χ2n) is 7.39. The van der Waals surface area contributed by atoms with Crippen LogP contribution in [0, 0.1) is 0 Å². The molecule has 30 heavy (non-hydrogen) atoms.